The molecule has 0 fully saturated rings. The van der Waals surface area contributed by atoms with Crippen LogP contribution in [0, 0.1) is 0 Å². The van der Waals surface area contributed by atoms with Gasteiger partial charge in [-0.05, 0) is 59.6 Å². The zero-order valence-electron chi connectivity index (χ0n) is 22.0. The minimum atomic E-state index is 0.101. The summed E-state index contributed by atoms with van der Waals surface area (Å²) in [5, 5.41) is 0. The first-order valence-corrected chi connectivity index (χ1v) is 12.6. The quantitative estimate of drug-likeness (QED) is 0.387. The maximum atomic E-state index is 2.55. The van der Waals surface area contributed by atoms with E-state index in [0.29, 0.717) is 6.04 Å². The average Bonchev–Trinajstić information content (AvgIpc) is 3.19. The molecule has 2 aliphatic rings. The van der Waals surface area contributed by atoms with Gasteiger partial charge in [-0.25, -0.2) is 0 Å². The number of anilines is 1. The fraction of sp³-hybridized carbons (Fsp3) is 0.375. The maximum absolute atomic E-state index is 2.55. The normalized spacial score (nSPS) is 15.6. The van der Waals surface area contributed by atoms with Gasteiger partial charge in [-0.1, -0.05) is 90.1 Å². The van der Waals surface area contributed by atoms with Crippen LogP contribution in [0.4, 0.5) is 5.69 Å². The lowest BCUT2D eigenvalue weighted by atomic mass is 9.79. The fourth-order valence-corrected chi connectivity index (χ4v) is 5.24. The van der Waals surface area contributed by atoms with Gasteiger partial charge in [0.15, 0.2) is 0 Å². The number of hydrogen-bond donors (Lipinski definition) is 0. The van der Waals surface area contributed by atoms with Crippen molar-refractivity contribution in [1.82, 2.24) is 4.90 Å². The monoisotopic (exact) mass is 450 g/mol. The van der Waals surface area contributed by atoms with E-state index in [4.69, 9.17) is 0 Å². The Morgan fingerprint density at radius 2 is 1.24 bits per heavy atom. The summed E-state index contributed by atoms with van der Waals surface area (Å²) in [7, 11) is 0. The molecule has 0 aliphatic carbocycles. The van der Waals surface area contributed by atoms with Crippen LogP contribution in [0.25, 0.3) is 22.5 Å². The minimum absolute atomic E-state index is 0.101. The van der Waals surface area contributed by atoms with Gasteiger partial charge in [0.25, 0.3) is 0 Å². The van der Waals surface area contributed by atoms with Gasteiger partial charge in [0.2, 0.25) is 0 Å². The van der Waals surface area contributed by atoms with Crippen molar-refractivity contribution in [2.24, 2.45) is 0 Å². The van der Waals surface area contributed by atoms with Crippen molar-refractivity contribution in [2.45, 2.75) is 72.3 Å². The highest BCUT2D eigenvalue weighted by Crippen LogP contribution is 2.52. The summed E-state index contributed by atoms with van der Waals surface area (Å²) in [6.45, 7) is 19.3. The lowest BCUT2D eigenvalue weighted by molar-refractivity contribution is 0.353. The molecule has 0 aromatic heterocycles. The molecule has 0 radical (unpaired) electrons. The Kier molecular flexibility index (Phi) is 5.20. The average molecular weight is 451 g/mol. The molecule has 0 bridgehead atoms. The molecular weight excluding hydrogens is 412 g/mol. The largest absolute Gasteiger partial charge is 0.349 e. The van der Waals surface area contributed by atoms with E-state index in [1.54, 1.807) is 0 Å². The smallest absolute Gasteiger partial charge is 0.0956 e. The van der Waals surface area contributed by atoms with E-state index in [1.807, 2.05) is 0 Å². The highest BCUT2D eigenvalue weighted by atomic mass is 15.4. The van der Waals surface area contributed by atoms with Crippen molar-refractivity contribution >= 4 is 17.1 Å². The topological polar surface area (TPSA) is 6.48 Å². The molecule has 2 heteroatoms. The van der Waals surface area contributed by atoms with E-state index in [0.717, 1.165) is 6.67 Å². The SMILES string of the molecule is CC(C)N1CN2C(=C1c1ccccc1)c1ccc(C(C)(C)C)cc1-c1cc(C(C)(C)C)ccc12. The van der Waals surface area contributed by atoms with Crippen molar-refractivity contribution < 1.29 is 0 Å². The van der Waals surface area contributed by atoms with Crippen molar-refractivity contribution in [3.05, 3.63) is 89.0 Å². The molecule has 0 saturated carbocycles. The van der Waals surface area contributed by atoms with E-state index in [2.05, 4.69) is 132 Å². The number of hydrogen-bond acceptors (Lipinski definition) is 2. The lowest BCUT2D eigenvalue weighted by Crippen LogP contribution is -2.33. The summed E-state index contributed by atoms with van der Waals surface area (Å²) in [4.78, 5) is 5.10. The van der Waals surface area contributed by atoms with Gasteiger partial charge in [0, 0.05) is 22.7 Å². The van der Waals surface area contributed by atoms with E-state index in [-0.39, 0.29) is 10.8 Å². The zero-order valence-corrected chi connectivity index (χ0v) is 22.0. The summed E-state index contributed by atoms with van der Waals surface area (Å²) >= 11 is 0. The summed E-state index contributed by atoms with van der Waals surface area (Å²) < 4.78 is 0. The number of nitrogens with zero attached hydrogens (tertiary/aromatic N) is 2. The number of rotatable bonds is 2. The summed E-state index contributed by atoms with van der Waals surface area (Å²) in [5.41, 5.74) is 12.3. The molecule has 0 saturated heterocycles. The van der Waals surface area contributed by atoms with Gasteiger partial charge >= 0.3 is 0 Å². The molecule has 5 rings (SSSR count). The zero-order chi connectivity index (χ0) is 24.4. The van der Waals surface area contributed by atoms with Crippen molar-refractivity contribution in [1.29, 1.82) is 0 Å². The maximum Gasteiger partial charge on any atom is 0.0956 e. The molecule has 0 amide bonds. The van der Waals surface area contributed by atoms with Crippen LogP contribution < -0.4 is 4.90 Å². The molecule has 176 valence electrons. The minimum Gasteiger partial charge on any atom is -0.349 e. The van der Waals surface area contributed by atoms with Crippen LogP contribution in [-0.4, -0.2) is 17.6 Å². The van der Waals surface area contributed by atoms with Gasteiger partial charge in [0.05, 0.1) is 23.8 Å². The number of fused-ring (bicyclic) bond motifs is 6. The molecule has 34 heavy (non-hydrogen) atoms. The predicted molar refractivity (Wildman–Crippen MR) is 147 cm³/mol. The van der Waals surface area contributed by atoms with Gasteiger partial charge in [-0.2, -0.15) is 0 Å². The molecule has 2 heterocycles. The fourth-order valence-electron chi connectivity index (χ4n) is 5.24. The highest BCUT2D eigenvalue weighted by Gasteiger charge is 2.39. The van der Waals surface area contributed by atoms with Crippen LogP contribution >= 0.6 is 0 Å². The van der Waals surface area contributed by atoms with Crippen LogP contribution in [0.2, 0.25) is 0 Å². The molecule has 2 aliphatic heterocycles. The van der Waals surface area contributed by atoms with Crippen LogP contribution in [0.5, 0.6) is 0 Å². The van der Waals surface area contributed by atoms with Crippen LogP contribution in [-0.2, 0) is 10.8 Å². The first-order valence-electron chi connectivity index (χ1n) is 12.6. The van der Waals surface area contributed by atoms with Crippen LogP contribution in [0.15, 0.2) is 66.7 Å². The van der Waals surface area contributed by atoms with E-state index in [9.17, 15) is 0 Å². The third-order valence-electron chi connectivity index (χ3n) is 7.33. The van der Waals surface area contributed by atoms with Gasteiger partial charge in [-0.15, -0.1) is 0 Å². The summed E-state index contributed by atoms with van der Waals surface area (Å²) in [6, 6.07) is 25.6. The molecular formula is C32H38N2. The predicted octanol–water partition coefficient (Wildman–Crippen LogP) is 8.28. The molecule has 0 atom stereocenters. The molecule has 0 spiro atoms. The highest BCUT2D eigenvalue weighted by molar-refractivity contribution is 6.08. The summed E-state index contributed by atoms with van der Waals surface area (Å²) in [5.74, 6) is 0. The Hall–Kier alpha value is -3.00. The Bertz CT molecular complexity index is 1270. The summed E-state index contributed by atoms with van der Waals surface area (Å²) in [6.07, 6.45) is 0. The van der Waals surface area contributed by atoms with Crippen molar-refractivity contribution in [3.8, 4) is 11.1 Å². The molecule has 0 unspecified atom stereocenters. The van der Waals surface area contributed by atoms with Gasteiger partial charge in [0.1, 0.15) is 0 Å². The second kappa shape index (κ2) is 7.77. The van der Waals surface area contributed by atoms with Crippen LogP contribution in [0.3, 0.4) is 0 Å². The third kappa shape index (κ3) is 3.64. The van der Waals surface area contributed by atoms with Crippen molar-refractivity contribution in [2.75, 3.05) is 11.6 Å². The van der Waals surface area contributed by atoms with E-state index >= 15 is 0 Å². The molecule has 2 nitrogen and oxygen atoms in total. The standard InChI is InChI=1S/C32H38N2/c1-21(2)33-20-34-28-17-15-24(32(6,7)8)19-27(28)26-18-23(31(3,4)5)14-16-25(26)30(34)29(33)22-12-10-9-11-13-22/h9-19,21H,20H2,1-8H3. The van der Waals surface area contributed by atoms with Gasteiger partial charge < -0.3 is 9.80 Å². The molecule has 3 aromatic carbocycles. The molecule has 3 aromatic rings. The second-order valence-electron chi connectivity index (χ2n) is 12.2. The van der Waals surface area contributed by atoms with Gasteiger partial charge in [-0.3, -0.25) is 0 Å². The first-order chi connectivity index (χ1) is 16.0. The van der Waals surface area contributed by atoms with E-state index in [1.165, 1.54) is 50.5 Å². The first kappa shape index (κ1) is 22.8. The third-order valence-corrected chi connectivity index (χ3v) is 7.33. The Morgan fingerprint density at radius 1 is 0.647 bits per heavy atom. The Labute approximate surface area is 205 Å². The van der Waals surface area contributed by atoms with E-state index < -0.39 is 0 Å². The number of benzene rings is 3. The Balaban J connectivity index is 1.85. The van der Waals surface area contributed by atoms with Crippen LogP contribution in [0.1, 0.15) is 77.6 Å². The van der Waals surface area contributed by atoms with Crippen molar-refractivity contribution in [3.63, 3.8) is 0 Å². The second-order valence-corrected chi connectivity index (χ2v) is 12.2. The molecule has 0 N–H and O–H groups in total. The Morgan fingerprint density at radius 3 is 1.82 bits per heavy atom. The lowest BCUT2D eigenvalue weighted by Gasteiger charge is -2.34.